The lowest BCUT2D eigenvalue weighted by Crippen LogP contribution is -2.14. The average Bonchev–Trinajstić information content (AvgIpc) is 2.36. The van der Waals surface area contributed by atoms with Gasteiger partial charge in [-0.15, -0.1) is 0 Å². The number of rotatable bonds is 5. The van der Waals surface area contributed by atoms with Gasteiger partial charge in [-0.3, -0.25) is 0 Å². The summed E-state index contributed by atoms with van der Waals surface area (Å²) < 4.78 is 28.6. The molecule has 0 fully saturated rings. The highest BCUT2D eigenvalue weighted by Crippen LogP contribution is 2.26. The van der Waals surface area contributed by atoms with Gasteiger partial charge in [0.2, 0.25) is 0 Å². The Morgan fingerprint density at radius 3 is 2.61 bits per heavy atom. The molecular formula is C14H20O3S. The SMILES string of the molecule is CCCCS(=O)(=O)Oc1ccc2c(c1)CCCC2. The fourth-order valence-electron chi connectivity index (χ4n) is 2.27. The summed E-state index contributed by atoms with van der Waals surface area (Å²) in [7, 11) is -3.42. The van der Waals surface area contributed by atoms with Gasteiger partial charge in [0.1, 0.15) is 5.75 Å². The van der Waals surface area contributed by atoms with Crippen molar-refractivity contribution < 1.29 is 12.6 Å². The van der Waals surface area contributed by atoms with E-state index in [1.54, 1.807) is 6.07 Å². The van der Waals surface area contributed by atoms with Gasteiger partial charge in [0.05, 0.1) is 5.75 Å². The zero-order chi connectivity index (χ0) is 13.0. The Hall–Kier alpha value is -1.03. The summed E-state index contributed by atoms with van der Waals surface area (Å²) in [6.45, 7) is 1.97. The van der Waals surface area contributed by atoms with Crippen molar-refractivity contribution in [1.29, 1.82) is 0 Å². The minimum atomic E-state index is -3.42. The van der Waals surface area contributed by atoms with Crippen LogP contribution in [0.5, 0.6) is 5.75 Å². The molecule has 0 aromatic heterocycles. The molecule has 0 heterocycles. The molecule has 0 amide bonds. The average molecular weight is 268 g/mol. The maximum Gasteiger partial charge on any atom is 0.309 e. The number of fused-ring (bicyclic) bond motifs is 1. The molecule has 18 heavy (non-hydrogen) atoms. The predicted molar refractivity (Wildman–Crippen MR) is 72.4 cm³/mol. The molecule has 3 nitrogen and oxygen atoms in total. The standard InChI is InChI=1S/C14H20O3S/c1-2-3-10-18(15,16)17-14-9-8-12-6-4-5-7-13(12)11-14/h8-9,11H,2-7,10H2,1H3. The van der Waals surface area contributed by atoms with Crippen LogP contribution in [-0.4, -0.2) is 14.2 Å². The minimum Gasteiger partial charge on any atom is -0.382 e. The molecule has 100 valence electrons. The second-order valence-electron chi connectivity index (χ2n) is 4.84. The van der Waals surface area contributed by atoms with Crippen LogP contribution in [0.25, 0.3) is 0 Å². The van der Waals surface area contributed by atoms with Crippen molar-refractivity contribution in [2.75, 3.05) is 5.75 Å². The highest BCUT2D eigenvalue weighted by molar-refractivity contribution is 7.87. The van der Waals surface area contributed by atoms with E-state index in [1.165, 1.54) is 24.0 Å². The maximum absolute atomic E-state index is 11.7. The topological polar surface area (TPSA) is 43.4 Å². The van der Waals surface area contributed by atoms with Gasteiger partial charge in [-0.25, -0.2) is 0 Å². The molecular weight excluding hydrogens is 248 g/mol. The smallest absolute Gasteiger partial charge is 0.309 e. The van der Waals surface area contributed by atoms with Gasteiger partial charge < -0.3 is 4.18 Å². The first kappa shape index (κ1) is 13.4. The van der Waals surface area contributed by atoms with E-state index in [0.717, 1.165) is 19.3 Å². The third-order valence-electron chi connectivity index (χ3n) is 3.29. The first-order valence-corrected chi connectivity index (χ1v) is 8.22. The molecule has 4 heteroatoms. The van der Waals surface area contributed by atoms with E-state index < -0.39 is 10.1 Å². The van der Waals surface area contributed by atoms with Crippen LogP contribution in [-0.2, 0) is 23.0 Å². The third-order valence-corrected chi connectivity index (χ3v) is 4.53. The summed E-state index contributed by atoms with van der Waals surface area (Å²) in [6.07, 6.45) is 6.03. The van der Waals surface area contributed by atoms with Crippen molar-refractivity contribution in [2.24, 2.45) is 0 Å². The second-order valence-corrected chi connectivity index (χ2v) is 6.53. The molecule has 0 radical (unpaired) electrons. The van der Waals surface area contributed by atoms with Crippen molar-refractivity contribution in [1.82, 2.24) is 0 Å². The Bertz CT molecular complexity index is 506. The van der Waals surface area contributed by atoms with E-state index >= 15 is 0 Å². The Morgan fingerprint density at radius 2 is 1.89 bits per heavy atom. The molecule has 0 atom stereocenters. The third kappa shape index (κ3) is 3.48. The monoisotopic (exact) mass is 268 g/mol. The van der Waals surface area contributed by atoms with Crippen LogP contribution in [0.1, 0.15) is 43.7 Å². The zero-order valence-corrected chi connectivity index (χ0v) is 11.6. The highest BCUT2D eigenvalue weighted by atomic mass is 32.2. The van der Waals surface area contributed by atoms with Crippen molar-refractivity contribution >= 4 is 10.1 Å². The van der Waals surface area contributed by atoms with Gasteiger partial charge in [0, 0.05) is 0 Å². The summed E-state index contributed by atoms with van der Waals surface area (Å²) >= 11 is 0. The Kier molecular flexibility index (Phi) is 4.27. The van der Waals surface area contributed by atoms with Crippen molar-refractivity contribution in [2.45, 2.75) is 45.4 Å². The van der Waals surface area contributed by atoms with E-state index in [-0.39, 0.29) is 5.75 Å². The van der Waals surface area contributed by atoms with Crippen LogP contribution in [0.2, 0.25) is 0 Å². The number of benzene rings is 1. The Labute approximate surface area is 109 Å². The van der Waals surface area contributed by atoms with Gasteiger partial charge in [-0.2, -0.15) is 8.42 Å². The number of unbranched alkanes of at least 4 members (excludes halogenated alkanes) is 1. The fourth-order valence-corrected chi connectivity index (χ4v) is 3.39. The van der Waals surface area contributed by atoms with E-state index in [2.05, 4.69) is 0 Å². The Balaban J connectivity index is 2.10. The van der Waals surface area contributed by atoms with Crippen LogP contribution in [0, 0.1) is 0 Å². The van der Waals surface area contributed by atoms with Crippen LogP contribution < -0.4 is 4.18 Å². The molecule has 0 saturated carbocycles. The van der Waals surface area contributed by atoms with E-state index in [9.17, 15) is 8.42 Å². The summed E-state index contributed by atoms with van der Waals surface area (Å²) in [5.41, 5.74) is 2.57. The molecule has 0 spiro atoms. The van der Waals surface area contributed by atoms with Gasteiger partial charge in [0.25, 0.3) is 0 Å². The molecule has 2 rings (SSSR count). The number of aryl methyl sites for hydroxylation is 2. The van der Waals surface area contributed by atoms with E-state index in [0.29, 0.717) is 12.2 Å². The normalized spacial score (nSPS) is 15.2. The molecule has 0 aliphatic heterocycles. The molecule has 1 aromatic carbocycles. The molecule has 0 bridgehead atoms. The van der Waals surface area contributed by atoms with Gasteiger partial charge in [-0.05, 0) is 55.4 Å². The van der Waals surface area contributed by atoms with E-state index in [4.69, 9.17) is 4.18 Å². The van der Waals surface area contributed by atoms with Crippen LogP contribution in [0.3, 0.4) is 0 Å². The van der Waals surface area contributed by atoms with Crippen LogP contribution >= 0.6 is 0 Å². The zero-order valence-electron chi connectivity index (χ0n) is 10.8. The summed E-state index contributed by atoms with van der Waals surface area (Å²) in [5.74, 6) is 0.562. The highest BCUT2D eigenvalue weighted by Gasteiger charge is 2.15. The summed E-state index contributed by atoms with van der Waals surface area (Å²) in [5, 5.41) is 0. The van der Waals surface area contributed by atoms with Crippen LogP contribution in [0.4, 0.5) is 0 Å². The van der Waals surface area contributed by atoms with Crippen molar-refractivity contribution in [3.8, 4) is 5.75 Å². The van der Waals surface area contributed by atoms with Crippen molar-refractivity contribution in [3.05, 3.63) is 29.3 Å². The lowest BCUT2D eigenvalue weighted by Gasteiger charge is -2.16. The quantitative estimate of drug-likeness (QED) is 0.771. The van der Waals surface area contributed by atoms with Gasteiger partial charge in [0.15, 0.2) is 0 Å². The lowest BCUT2D eigenvalue weighted by atomic mass is 9.92. The predicted octanol–water partition coefficient (Wildman–Crippen LogP) is 3.07. The molecule has 1 aromatic rings. The Morgan fingerprint density at radius 1 is 1.17 bits per heavy atom. The van der Waals surface area contributed by atoms with Crippen LogP contribution in [0.15, 0.2) is 18.2 Å². The summed E-state index contributed by atoms with van der Waals surface area (Å²) in [6, 6.07) is 5.66. The maximum atomic E-state index is 11.7. The molecule has 0 unspecified atom stereocenters. The molecule has 0 saturated heterocycles. The van der Waals surface area contributed by atoms with Gasteiger partial charge >= 0.3 is 10.1 Å². The minimum absolute atomic E-state index is 0.0978. The first-order chi connectivity index (χ1) is 8.61. The lowest BCUT2D eigenvalue weighted by molar-refractivity contribution is 0.483. The van der Waals surface area contributed by atoms with E-state index in [1.807, 2.05) is 19.1 Å². The molecule has 0 N–H and O–H groups in total. The largest absolute Gasteiger partial charge is 0.382 e. The van der Waals surface area contributed by atoms with Crippen molar-refractivity contribution in [3.63, 3.8) is 0 Å². The molecule has 1 aliphatic rings. The fraction of sp³-hybridized carbons (Fsp3) is 0.571. The number of hydrogen-bond donors (Lipinski definition) is 0. The number of hydrogen-bond acceptors (Lipinski definition) is 3. The van der Waals surface area contributed by atoms with Gasteiger partial charge in [-0.1, -0.05) is 19.4 Å². The summed E-state index contributed by atoms with van der Waals surface area (Å²) in [4.78, 5) is 0. The second kappa shape index (κ2) is 5.74. The molecule has 1 aliphatic carbocycles. The first-order valence-electron chi connectivity index (χ1n) is 6.65.